The second kappa shape index (κ2) is 5.83. The van der Waals surface area contributed by atoms with E-state index < -0.39 is 0 Å². The summed E-state index contributed by atoms with van der Waals surface area (Å²) < 4.78 is 5.49. The summed E-state index contributed by atoms with van der Waals surface area (Å²) in [6, 6.07) is 0.625. The Balaban J connectivity index is 2.23. The summed E-state index contributed by atoms with van der Waals surface area (Å²) in [4.78, 5) is 2.54. The number of nitrogens with zero attached hydrogens (tertiary/aromatic N) is 1. The highest BCUT2D eigenvalue weighted by molar-refractivity contribution is 4.76. The molecule has 1 fully saturated rings. The lowest BCUT2D eigenvalue weighted by Crippen LogP contribution is -2.49. The molecule has 1 atom stereocenters. The van der Waals surface area contributed by atoms with Crippen LogP contribution in [0.4, 0.5) is 0 Å². The van der Waals surface area contributed by atoms with Gasteiger partial charge in [0.1, 0.15) is 0 Å². The van der Waals surface area contributed by atoms with Crippen LogP contribution < -0.4 is 5.32 Å². The molecule has 0 radical (unpaired) electrons. The predicted octanol–water partition coefficient (Wildman–Crippen LogP) is 1.49. The van der Waals surface area contributed by atoms with E-state index >= 15 is 0 Å². The van der Waals surface area contributed by atoms with Crippen molar-refractivity contribution in [1.29, 1.82) is 0 Å². The van der Waals surface area contributed by atoms with Crippen molar-refractivity contribution >= 4 is 0 Å². The maximum atomic E-state index is 5.49. The standard InChI is InChI=1S/C12H26N2O/c1-5-11-10-15-9-8-14(11)7-6-13-12(2,3)4/h11,13H,5-10H2,1-4H3. The van der Waals surface area contributed by atoms with Crippen molar-refractivity contribution in [3.05, 3.63) is 0 Å². The minimum atomic E-state index is 0.230. The van der Waals surface area contributed by atoms with Crippen LogP contribution in [0.2, 0.25) is 0 Å². The molecule has 1 aliphatic rings. The monoisotopic (exact) mass is 214 g/mol. The van der Waals surface area contributed by atoms with E-state index in [2.05, 4.69) is 37.9 Å². The number of hydrogen-bond donors (Lipinski definition) is 1. The predicted molar refractivity (Wildman–Crippen MR) is 64.2 cm³/mol. The van der Waals surface area contributed by atoms with Crippen molar-refractivity contribution in [2.45, 2.75) is 45.7 Å². The van der Waals surface area contributed by atoms with Crippen molar-refractivity contribution in [2.24, 2.45) is 0 Å². The number of nitrogens with one attached hydrogen (secondary N) is 1. The second-order valence-corrected chi connectivity index (χ2v) is 5.35. The second-order valence-electron chi connectivity index (χ2n) is 5.35. The van der Waals surface area contributed by atoms with E-state index in [1.54, 1.807) is 0 Å². The van der Waals surface area contributed by atoms with Crippen LogP contribution >= 0.6 is 0 Å². The minimum absolute atomic E-state index is 0.230. The van der Waals surface area contributed by atoms with Gasteiger partial charge in [-0.15, -0.1) is 0 Å². The molecule has 1 aliphatic heterocycles. The first-order valence-electron chi connectivity index (χ1n) is 6.10. The Bertz CT molecular complexity index is 177. The lowest BCUT2D eigenvalue weighted by Gasteiger charge is -2.35. The molecule has 1 rings (SSSR count). The molecule has 3 nitrogen and oxygen atoms in total. The molecule has 1 heterocycles. The number of rotatable bonds is 4. The van der Waals surface area contributed by atoms with Crippen molar-refractivity contribution < 1.29 is 4.74 Å². The third-order valence-electron chi connectivity index (χ3n) is 2.88. The van der Waals surface area contributed by atoms with Gasteiger partial charge in [0.25, 0.3) is 0 Å². The highest BCUT2D eigenvalue weighted by Crippen LogP contribution is 2.09. The highest BCUT2D eigenvalue weighted by atomic mass is 16.5. The quantitative estimate of drug-likeness (QED) is 0.767. The number of morpholine rings is 1. The normalized spacial score (nSPS) is 24.4. The first kappa shape index (κ1) is 12.9. The molecule has 0 aliphatic carbocycles. The minimum Gasteiger partial charge on any atom is -0.378 e. The van der Waals surface area contributed by atoms with E-state index in [1.165, 1.54) is 6.42 Å². The summed E-state index contributed by atoms with van der Waals surface area (Å²) in [6.07, 6.45) is 1.19. The zero-order chi connectivity index (χ0) is 11.3. The molecular formula is C12H26N2O. The fraction of sp³-hybridized carbons (Fsp3) is 1.00. The first-order chi connectivity index (χ1) is 7.03. The molecular weight excluding hydrogens is 188 g/mol. The van der Waals surface area contributed by atoms with Crippen molar-refractivity contribution in [3.63, 3.8) is 0 Å². The molecule has 90 valence electrons. The smallest absolute Gasteiger partial charge is 0.0622 e. The van der Waals surface area contributed by atoms with E-state index in [0.717, 1.165) is 32.8 Å². The Hall–Kier alpha value is -0.120. The first-order valence-corrected chi connectivity index (χ1v) is 6.10. The van der Waals surface area contributed by atoms with Crippen LogP contribution in [0.5, 0.6) is 0 Å². The average molecular weight is 214 g/mol. The van der Waals surface area contributed by atoms with Crippen LogP contribution in [-0.4, -0.2) is 49.3 Å². The molecule has 0 amide bonds. The fourth-order valence-electron chi connectivity index (χ4n) is 1.93. The zero-order valence-corrected chi connectivity index (χ0v) is 10.7. The third-order valence-corrected chi connectivity index (χ3v) is 2.88. The Morgan fingerprint density at radius 2 is 2.13 bits per heavy atom. The molecule has 0 spiro atoms. The van der Waals surface area contributed by atoms with Crippen LogP contribution in [-0.2, 0) is 4.74 Å². The van der Waals surface area contributed by atoms with Crippen molar-refractivity contribution in [2.75, 3.05) is 32.8 Å². The maximum Gasteiger partial charge on any atom is 0.0622 e. The van der Waals surface area contributed by atoms with Crippen LogP contribution in [0.15, 0.2) is 0 Å². The van der Waals surface area contributed by atoms with Gasteiger partial charge in [-0.3, -0.25) is 4.90 Å². The van der Waals surface area contributed by atoms with Gasteiger partial charge in [-0.05, 0) is 27.2 Å². The van der Waals surface area contributed by atoms with Gasteiger partial charge in [0, 0.05) is 31.2 Å². The summed E-state index contributed by atoms with van der Waals surface area (Å²) in [7, 11) is 0. The van der Waals surface area contributed by atoms with Gasteiger partial charge < -0.3 is 10.1 Å². The van der Waals surface area contributed by atoms with Gasteiger partial charge in [-0.25, -0.2) is 0 Å². The average Bonchev–Trinajstić information content (AvgIpc) is 2.16. The summed E-state index contributed by atoms with van der Waals surface area (Å²) in [5.74, 6) is 0. The largest absolute Gasteiger partial charge is 0.378 e. The van der Waals surface area contributed by atoms with Gasteiger partial charge in [-0.2, -0.15) is 0 Å². The molecule has 3 heteroatoms. The van der Waals surface area contributed by atoms with Gasteiger partial charge in [0.2, 0.25) is 0 Å². The van der Waals surface area contributed by atoms with Crippen LogP contribution in [0.1, 0.15) is 34.1 Å². The lowest BCUT2D eigenvalue weighted by atomic mass is 10.1. The van der Waals surface area contributed by atoms with Gasteiger partial charge in [0.05, 0.1) is 13.2 Å². The van der Waals surface area contributed by atoms with Gasteiger partial charge in [0.15, 0.2) is 0 Å². The van der Waals surface area contributed by atoms with Crippen LogP contribution in [0.25, 0.3) is 0 Å². The molecule has 1 unspecified atom stereocenters. The number of ether oxygens (including phenoxy) is 1. The van der Waals surface area contributed by atoms with E-state index in [4.69, 9.17) is 4.74 Å². The van der Waals surface area contributed by atoms with E-state index in [1.807, 2.05) is 0 Å². The summed E-state index contributed by atoms with van der Waals surface area (Å²) in [5, 5.41) is 3.53. The zero-order valence-electron chi connectivity index (χ0n) is 10.7. The van der Waals surface area contributed by atoms with E-state index in [-0.39, 0.29) is 5.54 Å². The molecule has 0 aromatic rings. The highest BCUT2D eigenvalue weighted by Gasteiger charge is 2.21. The van der Waals surface area contributed by atoms with E-state index in [9.17, 15) is 0 Å². The topological polar surface area (TPSA) is 24.5 Å². The van der Waals surface area contributed by atoms with Gasteiger partial charge in [-0.1, -0.05) is 6.92 Å². The SMILES string of the molecule is CCC1COCCN1CCNC(C)(C)C. The molecule has 0 aromatic carbocycles. The third kappa shape index (κ3) is 4.96. The molecule has 0 aromatic heterocycles. The van der Waals surface area contributed by atoms with Crippen molar-refractivity contribution in [3.8, 4) is 0 Å². The Morgan fingerprint density at radius 1 is 1.40 bits per heavy atom. The Morgan fingerprint density at radius 3 is 2.73 bits per heavy atom. The molecule has 15 heavy (non-hydrogen) atoms. The summed E-state index contributed by atoms with van der Waals surface area (Å²) >= 11 is 0. The van der Waals surface area contributed by atoms with Crippen LogP contribution in [0.3, 0.4) is 0 Å². The van der Waals surface area contributed by atoms with Crippen molar-refractivity contribution in [1.82, 2.24) is 10.2 Å². The Kier molecular flexibility index (Phi) is 5.03. The molecule has 1 saturated heterocycles. The molecule has 0 saturated carbocycles. The molecule has 0 bridgehead atoms. The van der Waals surface area contributed by atoms with Crippen LogP contribution in [0, 0.1) is 0 Å². The Labute approximate surface area is 94.2 Å². The maximum absolute atomic E-state index is 5.49. The summed E-state index contributed by atoms with van der Waals surface area (Å²) in [6.45, 7) is 14.0. The number of hydrogen-bond acceptors (Lipinski definition) is 3. The summed E-state index contributed by atoms with van der Waals surface area (Å²) in [5.41, 5.74) is 0.230. The lowest BCUT2D eigenvalue weighted by molar-refractivity contribution is -0.00838. The van der Waals surface area contributed by atoms with E-state index in [0.29, 0.717) is 6.04 Å². The fourth-order valence-corrected chi connectivity index (χ4v) is 1.93. The van der Waals surface area contributed by atoms with Gasteiger partial charge >= 0.3 is 0 Å². The molecule has 1 N–H and O–H groups in total.